The Kier molecular flexibility index (Phi) is 5.15. The summed E-state index contributed by atoms with van der Waals surface area (Å²) in [7, 11) is 0. The number of aliphatic hydroxyl groups excluding tert-OH is 1. The molecule has 4 N–H and O–H groups in total. The summed E-state index contributed by atoms with van der Waals surface area (Å²) in [6.45, 7) is 6.38. The lowest BCUT2D eigenvalue weighted by molar-refractivity contribution is 0.183. The smallest absolute Gasteiger partial charge is 0.134 e. The number of anilines is 2. The minimum absolute atomic E-state index is 0.361. The number of aliphatic hydroxyl groups is 1. The lowest BCUT2D eigenvalue weighted by atomic mass is 10.2. The number of aromatic nitrogens is 2. The first-order chi connectivity index (χ1) is 8.08. The second-order valence-corrected chi connectivity index (χ2v) is 4.19. The summed E-state index contributed by atoms with van der Waals surface area (Å²) in [6, 6.07) is 0. The van der Waals surface area contributed by atoms with Gasteiger partial charge < -0.3 is 16.2 Å². The second-order valence-electron chi connectivity index (χ2n) is 4.19. The Balaban J connectivity index is 2.82. The van der Waals surface area contributed by atoms with Gasteiger partial charge in [-0.25, -0.2) is 9.97 Å². The Morgan fingerprint density at radius 1 is 1.35 bits per heavy atom. The fourth-order valence-electron chi connectivity index (χ4n) is 1.45. The molecule has 0 aliphatic rings. The lowest BCUT2D eigenvalue weighted by Crippen LogP contribution is -2.20. The van der Waals surface area contributed by atoms with Crippen LogP contribution in [0, 0.1) is 6.92 Å². The molecule has 5 nitrogen and oxygen atoms in total. The third kappa shape index (κ3) is 3.85. The van der Waals surface area contributed by atoms with Crippen LogP contribution in [-0.4, -0.2) is 27.7 Å². The summed E-state index contributed by atoms with van der Waals surface area (Å²) in [5.74, 6) is 1.99. The lowest BCUT2D eigenvalue weighted by Gasteiger charge is -2.14. The van der Waals surface area contributed by atoms with E-state index in [9.17, 15) is 5.11 Å². The zero-order valence-electron chi connectivity index (χ0n) is 10.8. The molecule has 5 heteroatoms. The average molecular weight is 238 g/mol. The molecule has 0 aliphatic heterocycles. The highest BCUT2D eigenvalue weighted by Gasteiger charge is 2.09. The van der Waals surface area contributed by atoms with Gasteiger partial charge in [-0.2, -0.15) is 0 Å². The summed E-state index contributed by atoms with van der Waals surface area (Å²) in [5.41, 5.74) is 6.68. The van der Waals surface area contributed by atoms with Crippen LogP contribution in [-0.2, 0) is 6.42 Å². The Bertz CT molecular complexity index is 368. The van der Waals surface area contributed by atoms with Crippen LogP contribution in [0.4, 0.5) is 11.6 Å². The predicted octanol–water partition coefficient (Wildman–Crippen LogP) is 1.50. The second kappa shape index (κ2) is 6.39. The van der Waals surface area contributed by atoms with Crippen LogP contribution < -0.4 is 11.1 Å². The maximum absolute atomic E-state index is 9.51. The summed E-state index contributed by atoms with van der Waals surface area (Å²) in [4.78, 5) is 8.65. The molecule has 0 aliphatic carbocycles. The van der Waals surface area contributed by atoms with Gasteiger partial charge in [0.1, 0.15) is 17.5 Å². The molecule has 0 bridgehead atoms. The first-order valence-corrected chi connectivity index (χ1v) is 6.13. The van der Waals surface area contributed by atoms with E-state index in [0.717, 1.165) is 30.0 Å². The average Bonchev–Trinajstić information content (AvgIpc) is 2.31. The maximum Gasteiger partial charge on any atom is 0.134 e. The van der Waals surface area contributed by atoms with Gasteiger partial charge >= 0.3 is 0 Å². The van der Waals surface area contributed by atoms with Crippen molar-refractivity contribution >= 4 is 11.6 Å². The van der Waals surface area contributed by atoms with Gasteiger partial charge in [-0.05, 0) is 19.8 Å². The van der Waals surface area contributed by atoms with E-state index in [1.54, 1.807) is 0 Å². The Hall–Kier alpha value is -1.36. The summed E-state index contributed by atoms with van der Waals surface area (Å²) in [5, 5.41) is 12.6. The number of nitrogens with zero attached hydrogens (tertiary/aromatic N) is 2. The third-order valence-electron chi connectivity index (χ3n) is 2.68. The zero-order chi connectivity index (χ0) is 12.8. The molecule has 0 aromatic carbocycles. The van der Waals surface area contributed by atoms with Crippen molar-refractivity contribution in [3.63, 3.8) is 0 Å². The molecule has 1 aromatic rings. The molecule has 0 saturated carbocycles. The number of aryl methyl sites for hydroxylation is 1. The van der Waals surface area contributed by atoms with Crippen LogP contribution in [0.5, 0.6) is 0 Å². The van der Waals surface area contributed by atoms with Gasteiger partial charge in [0.2, 0.25) is 0 Å². The molecule has 1 aromatic heterocycles. The molecule has 0 radical (unpaired) electrons. The minimum atomic E-state index is -0.361. The van der Waals surface area contributed by atoms with E-state index in [0.29, 0.717) is 18.8 Å². The zero-order valence-corrected chi connectivity index (χ0v) is 10.8. The molecule has 17 heavy (non-hydrogen) atoms. The van der Waals surface area contributed by atoms with Crippen molar-refractivity contribution in [2.75, 3.05) is 17.6 Å². The molecule has 1 atom stereocenters. The van der Waals surface area contributed by atoms with E-state index in [2.05, 4.69) is 22.2 Å². The highest BCUT2D eigenvalue weighted by molar-refractivity contribution is 5.54. The third-order valence-corrected chi connectivity index (χ3v) is 2.68. The molecule has 0 fully saturated rings. The number of nitrogens with two attached hydrogens (primary N) is 1. The van der Waals surface area contributed by atoms with Gasteiger partial charge in [-0.3, -0.25) is 0 Å². The first-order valence-electron chi connectivity index (χ1n) is 6.13. The molecule has 1 unspecified atom stereocenters. The van der Waals surface area contributed by atoms with Crippen molar-refractivity contribution in [1.29, 1.82) is 0 Å². The molecule has 1 heterocycles. The molecule has 1 rings (SSSR count). The number of nitrogens with one attached hydrogen (secondary N) is 1. The number of hydrogen-bond acceptors (Lipinski definition) is 5. The van der Waals surface area contributed by atoms with Crippen molar-refractivity contribution in [1.82, 2.24) is 9.97 Å². The fourth-order valence-corrected chi connectivity index (χ4v) is 1.45. The molecule has 96 valence electrons. The summed E-state index contributed by atoms with van der Waals surface area (Å²) < 4.78 is 0. The van der Waals surface area contributed by atoms with E-state index < -0.39 is 0 Å². The van der Waals surface area contributed by atoms with Gasteiger partial charge in [0.05, 0.1) is 6.10 Å². The van der Waals surface area contributed by atoms with Crippen molar-refractivity contribution < 1.29 is 5.11 Å². The molecule has 0 saturated heterocycles. The van der Waals surface area contributed by atoms with Gasteiger partial charge in [0.25, 0.3) is 0 Å². The number of nitrogen functional groups attached to an aromatic ring is 1. The number of rotatable bonds is 6. The summed E-state index contributed by atoms with van der Waals surface area (Å²) >= 11 is 0. The Labute approximate surface area is 102 Å². The monoisotopic (exact) mass is 238 g/mol. The van der Waals surface area contributed by atoms with Crippen molar-refractivity contribution in [2.24, 2.45) is 0 Å². The quantitative estimate of drug-likeness (QED) is 0.699. The highest BCUT2D eigenvalue weighted by Crippen LogP contribution is 2.17. The largest absolute Gasteiger partial charge is 0.391 e. The SMILES string of the molecule is CCCc1nc(N)c(C)c(NCC(O)CC)n1. The van der Waals surface area contributed by atoms with Gasteiger partial charge in [-0.1, -0.05) is 13.8 Å². The van der Waals surface area contributed by atoms with E-state index in [-0.39, 0.29) is 6.10 Å². The topological polar surface area (TPSA) is 84.1 Å². The van der Waals surface area contributed by atoms with Crippen LogP contribution in [0.3, 0.4) is 0 Å². The predicted molar refractivity (Wildman–Crippen MR) is 70.0 cm³/mol. The van der Waals surface area contributed by atoms with Crippen LogP contribution in [0.1, 0.15) is 38.1 Å². The van der Waals surface area contributed by atoms with E-state index in [1.165, 1.54) is 0 Å². The van der Waals surface area contributed by atoms with Crippen LogP contribution in [0.2, 0.25) is 0 Å². The van der Waals surface area contributed by atoms with Crippen molar-refractivity contribution in [3.05, 3.63) is 11.4 Å². The van der Waals surface area contributed by atoms with Crippen LogP contribution >= 0.6 is 0 Å². The summed E-state index contributed by atoms with van der Waals surface area (Å²) in [6.07, 6.45) is 2.16. The van der Waals surface area contributed by atoms with Crippen LogP contribution in [0.15, 0.2) is 0 Å². The molecular weight excluding hydrogens is 216 g/mol. The first kappa shape index (κ1) is 13.7. The molecule has 0 amide bonds. The number of hydrogen-bond donors (Lipinski definition) is 3. The van der Waals surface area contributed by atoms with Crippen molar-refractivity contribution in [3.8, 4) is 0 Å². The van der Waals surface area contributed by atoms with E-state index in [4.69, 9.17) is 5.73 Å². The minimum Gasteiger partial charge on any atom is -0.391 e. The van der Waals surface area contributed by atoms with E-state index in [1.807, 2.05) is 13.8 Å². The van der Waals surface area contributed by atoms with Gasteiger partial charge in [0, 0.05) is 18.5 Å². The molecule has 0 spiro atoms. The highest BCUT2D eigenvalue weighted by atomic mass is 16.3. The van der Waals surface area contributed by atoms with Crippen LogP contribution in [0.25, 0.3) is 0 Å². The van der Waals surface area contributed by atoms with Gasteiger partial charge in [0.15, 0.2) is 0 Å². The Morgan fingerprint density at radius 3 is 2.65 bits per heavy atom. The molecular formula is C12H22N4O. The van der Waals surface area contributed by atoms with E-state index >= 15 is 0 Å². The van der Waals surface area contributed by atoms with Gasteiger partial charge in [-0.15, -0.1) is 0 Å². The maximum atomic E-state index is 9.51. The fraction of sp³-hybridized carbons (Fsp3) is 0.667. The van der Waals surface area contributed by atoms with Crippen molar-refractivity contribution in [2.45, 2.75) is 46.1 Å². The standard InChI is InChI=1S/C12H22N4O/c1-4-6-10-15-11(13)8(3)12(16-10)14-7-9(17)5-2/h9,17H,4-7H2,1-3H3,(H3,13,14,15,16). The Morgan fingerprint density at radius 2 is 2.06 bits per heavy atom. The normalized spacial score (nSPS) is 12.5.